The van der Waals surface area contributed by atoms with Crippen LogP contribution in [0.3, 0.4) is 0 Å². The van der Waals surface area contributed by atoms with Crippen molar-refractivity contribution in [1.82, 2.24) is 0 Å². The molecule has 110 valence electrons. The van der Waals surface area contributed by atoms with E-state index in [0.29, 0.717) is 5.75 Å². The van der Waals surface area contributed by atoms with E-state index in [9.17, 15) is 4.79 Å². The first-order valence-electron chi connectivity index (χ1n) is 6.77. The third-order valence-electron chi connectivity index (χ3n) is 3.04. The molecule has 0 aromatic heterocycles. The van der Waals surface area contributed by atoms with Crippen molar-refractivity contribution in [3.63, 3.8) is 0 Å². The summed E-state index contributed by atoms with van der Waals surface area (Å²) in [6, 6.07) is 15.4. The number of ether oxygens (including phenoxy) is 1. The Morgan fingerprint density at radius 1 is 1.19 bits per heavy atom. The molecule has 3 nitrogen and oxygen atoms in total. The van der Waals surface area contributed by atoms with Crippen molar-refractivity contribution < 1.29 is 9.53 Å². The molecule has 1 amide bonds. The quantitative estimate of drug-likeness (QED) is 0.844. The smallest absolute Gasteiger partial charge is 0.265 e. The van der Waals surface area contributed by atoms with Crippen LogP contribution in [0.5, 0.6) is 5.75 Å². The van der Waals surface area contributed by atoms with Gasteiger partial charge in [-0.2, -0.15) is 0 Å². The summed E-state index contributed by atoms with van der Waals surface area (Å²) in [6.45, 7) is 3.74. The molecule has 0 fully saturated rings. The molecule has 0 saturated heterocycles. The summed E-state index contributed by atoms with van der Waals surface area (Å²) in [5, 5.41) is 2.91. The number of hydrogen-bond donors (Lipinski definition) is 1. The van der Waals surface area contributed by atoms with Gasteiger partial charge in [0.05, 0.1) is 5.69 Å². The normalized spacial score (nSPS) is 11.8. The largest absolute Gasteiger partial charge is 0.481 e. The van der Waals surface area contributed by atoms with Crippen LogP contribution >= 0.6 is 11.8 Å². The fourth-order valence-electron chi connectivity index (χ4n) is 1.93. The van der Waals surface area contributed by atoms with Gasteiger partial charge in [-0.15, -0.1) is 11.8 Å². The molecule has 0 bridgehead atoms. The SMILES string of the molecule is CSc1ccccc1NC(=O)[C@H](C)Oc1cccc(C)c1. The Morgan fingerprint density at radius 3 is 2.67 bits per heavy atom. The van der Waals surface area contributed by atoms with E-state index in [1.165, 1.54) is 0 Å². The van der Waals surface area contributed by atoms with Crippen molar-refractivity contribution in [2.24, 2.45) is 0 Å². The molecule has 21 heavy (non-hydrogen) atoms. The van der Waals surface area contributed by atoms with Crippen molar-refractivity contribution in [2.75, 3.05) is 11.6 Å². The average molecular weight is 301 g/mol. The molecule has 0 aliphatic heterocycles. The third-order valence-corrected chi connectivity index (χ3v) is 3.83. The zero-order chi connectivity index (χ0) is 15.2. The number of carbonyl (C=O) groups is 1. The Bertz CT molecular complexity index is 628. The van der Waals surface area contributed by atoms with Crippen LogP contribution < -0.4 is 10.1 Å². The van der Waals surface area contributed by atoms with Crippen molar-refractivity contribution in [3.05, 3.63) is 54.1 Å². The van der Waals surface area contributed by atoms with Crippen LogP contribution in [0.15, 0.2) is 53.4 Å². The number of nitrogens with one attached hydrogen (secondary N) is 1. The average Bonchev–Trinajstić information content (AvgIpc) is 2.47. The van der Waals surface area contributed by atoms with E-state index in [0.717, 1.165) is 16.1 Å². The lowest BCUT2D eigenvalue weighted by Crippen LogP contribution is -2.30. The van der Waals surface area contributed by atoms with E-state index in [-0.39, 0.29) is 5.91 Å². The van der Waals surface area contributed by atoms with Crippen LogP contribution in [0.4, 0.5) is 5.69 Å². The van der Waals surface area contributed by atoms with Gasteiger partial charge in [-0.25, -0.2) is 0 Å². The number of rotatable bonds is 5. The van der Waals surface area contributed by atoms with E-state index in [1.807, 2.05) is 61.7 Å². The summed E-state index contributed by atoms with van der Waals surface area (Å²) < 4.78 is 5.68. The van der Waals surface area contributed by atoms with Gasteiger partial charge < -0.3 is 10.1 Å². The van der Waals surface area contributed by atoms with Crippen LogP contribution in [-0.4, -0.2) is 18.3 Å². The number of anilines is 1. The summed E-state index contributed by atoms with van der Waals surface area (Å²) >= 11 is 1.60. The summed E-state index contributed by atoms with van der Waals surface area (Å²) in [5.74, 6) is 0.550. The predicted molar refractivity (Wildman–Crippen MR) is 88.1 cm³/mol. The van der Waals surface area contributed by atoms with Gasteiger partial charge in [0.2, 0.25) is 0 Å². The van der Waals surface area contributed by atoms with Gasteiger partial charge in [0.25, 0.3) is 5.91 Å². The maximum atomic E-state index is 12.2. The van der Waals surface area contributed by atoms with Gasteiger partial charge in [-0.05, 0) is 49.9 Å². The highest BCUT2D eigenvalue weighted by Crippen LogP contribution is 2.25. The molecular weight excluding hydrogens is 282 g/mol. The molecular formula is C17H19NO2S. The number of carbonyl (C=O) groups excluding carboxylic acids is 1. The lowest BCUT2D eigenvalue weighted by atomic mass is 10.2. The lowest BCUT2D eigenvalue weighted by molar-refractivity contribution is -0.122. The summed E-state index contributed by atoms with van der Waals surface area (Å²) in [7, 11) is 0. The molecule has 0 spiro atoms. The van der Waals surface area contributed by atoms with Gasteiger partial charge >= 0.3 is 0 Å². The van der Waals surface area contributed by atoms with Crippen LogP contribution in [-0.2, 0) is 4.79 Å². The Kier molecular flexibility index (Phi) is 5.28. The van der Waals surface area contributed by atoms with Crippen molar-refractivity contribution in [1.29, 1.82) is 0 Å². The molecule has 2 aromatic carbocycles. The highest BCUT2D eigenvalue weighted by Gasteiger charge is 2.16. The van der Waals surface area contributed by atoms with Crippen LogP contribution in [0, 0.1) is 6.92 Å². The summed E-state index contributed by atoms with van der Waals surface area (Å²) in [5.41, 5.74) is 1.92. The zero-order valence-corrected chi connectivity index (χ0v) is 13.2. The van der Waals surface area contributed by atoms with Gasteiger partial charge in [0.15, 0.2) is 6.10 Å². The lowest BCUT2D eigenvalue weighted by Gasteiger charge is -2.16. The Hall–Kier alpha value is -1.94. The highest BCUT2D eigenvalue weighted by atomic mass is 32.2. The second-order valence-corrected chi connectivity index (χ2v) is 5.61. The first-order chi connectivity index (χ1) is 10.1. The minimum Gasteiger partial charge on any atom is -0.481 e. The van der Waals surface area contributed by atoms with Gasteiger partial charge in [0.1, 0.15) is 5.75 Å². The first kappa shape index (κ1) is 15.4. The Labute approximate surface area is 129 Å². The number of hydrogen-bond acceptors (Lipinski definition) is 3. The molecule has 2 rings (SSSR count). The Morgan fingerprint density at radius 2 is 1.95 bits per heavy atom. The summed E-state index contributed by atoms with van der Waals surface area (Å²) in [6.07, 6.45) is 1.43. The molecule has 0 aliphatic carbocycles. The molecule has 0 heterocycles. The number of amides is 1. The van der Waals surface area contributed by atoms with Gasteiger partial charge in [-0.1, -0.05) is 24.3 Å². The first-order valence-corrected chi connectivity index (χ1v) is 8.00. The number of aryl methyl sites for hydroxylation is 1. The van der Waals surface area contributed by atoms with E-state index in [2.05, 4.69) is 5.32 Å². The van der Waals surface area contributed by atoms with Crippen molar-refractivity contribution >= 4 is 23.4 Å². The second kappa shape index (κ2) is 7.18. The summed E-state index contributed by atoms with van der Waals surface area (Å²) in [4.78, 5) is 13.3. The molecule has 1 atom stereocenters. The maximum absolute atomic E-state index is 12.2. The fraction of sp³-hybridized carbons (Fsp3) is 0.235. The minimum absolute atomic E-state index is 0.155. The second-order valence-electron chi connectivity index (χ2n) is 4.77. The van der Waals surface area contributed by atoms with Crippen LogP contribution in [0.1, 0.15) is 12.5 Å². The third kappa shape index (κ3) is 4.26. The molecule has 1 N–H and O–H groups in total. The standard InChI is InChI=1S/C17H19NO2S/c1-12-7-6-8-14(11-12)20-13(2)17(19)18-15-9-4-5-10-16(15)21-3/h4-11,13H,1-3H3,(H,18,19)/t13-/m0/s1. The molecule has 0 unspecified atom stereocenters. The molecule has 4 heteroatoms. The number of benzene rings is 2. The van der Waals surface area contributed by atoms with Gasteiger partial charge in [0, 0.05) is 4.90 Å². The Balaban J connectivity index is 2.02. The van der Waals surface area contributed by atoms with Crippen molar-refractivity contribution in [2.45, 2.75) is 24.8 Å². The van der Waals surface area contributed by atoms with E-state index in [4.69, 9.17) is 4.74 Å². The van der Waals surface area contributed by atoms with Crippen molar-refractivity contribution in [3.8, 4) is 5.75 Å². The predicted octanol–water partition coefficient (Wildman–Crippen LogP) is 4.12. The van der Waals surface area contributed by atoms with Gasteiger partial charge in [-0.3, -0.25) is 4.79 Å². The molecule has 0 radical (unpaired) electrons. The highest BCUT2D eigenvalue weighted by molar-refractivity contribution is 7.98. The number of para-hydroxylation sites is 1. The molecule has 0 aliphatic rings. The minimum atomic E-state index is -0.554. The maximum Gasteiger partial charge on any atom is 0.265 e. The van der Waals surface area contributed by atoms with E-state index >= 15 is 0 Å². The monoisotopic (exact) mass is 301 g/mol. The topological polar surface area (TPSA) is 38.3 Å². The fourth-order valence-corrected chi connectivity index (χ4v) is 2.48. The van der Waals surface area contributed by atoms with Crippen LogP contribution in [0.2, 0.25) is 0 Å². The van der Waals surface area contributed by atoms with E-state index < -0.39 is 6.10 Å². The molecule has 0 saturated carbocycles. The molecule has 2 aromatic rings. The van der Waals surface area contributed by atoms with Crippen LogP contribution in [0.25, 0.3) is 0 Å². The van der Waals surface area contributed by atoms with E-state index in [1.54, 1.807) is 18.7 Å². The number of thioether (sulfide) groups is 1. The zero-order valence-electron chi connectivity index (χ0n) is 12.4.